The normalized spacial score (nSPS) is 21.7. The van der Waals surface area contributed by atoms with E-state index < -0.39 is 0 Å². The first-order chi connectivity index (χ1) is 3.33. The van der Waals surface area contributed by atoms with Gasteiger partial charge in [0.15, 0.2) is 0 Å². The Balaban J connectivity index is 2.30. The van der Waals surface area contributed by atoms with Crippen molar-refractivity contribution < 1.29 is 0 Å². The van der Waals surface area contributed by atoms with Crippen LogP contribution in [0.4, 0.5) is 0 Å². The molecule has 1 heterocycles. The van der Waals surface area contributed by atoms with Gasteiger partial charge >= 0.3 is 0 Å². The smallest absolute Gasteiger partial charge is 0.0205 e. The molecule has 1 fully saturated rings. The number of allylic oxidation sites excluding steroid dienone is 1. The van der Waals surface area contributed by atoms with E-state index in [2.05, 4.69) is 24.9 Å². The van der Waals surface area contributed by atoms with E-state index in [-0.39, 0.29) is 0 Å². The minimum Gasteiger partial charge on any atom is -0.298 e. The third-order valence-electron chi connectivity index (χ3n) is 1.35. The van der Waals surface area contributed by atoms with E-state index >= 15 is 0 Å². The number of nitrogens with zero attached hydrogens (tertiary/aromatic N) is 1. The minimum absolute atomic E-state index is 1.19. The summed E-state index contributed by atoms with van der Waals surface area (Å²) in [4.78, 5) is 2.29. The Hall–Kier alpha value is -0.300. The average Bonchev–Trinajstić information content (AvgIpc) is 1.58. The molecule has 40 valence electrons. The fourth-order valence-corrected chi connectivity index (χ4v) is 0.830. The molecule has 0 saturated carbocycles. The number of likely N-dealkylation sites (N-methyl/N-ethyl adjacent to an activating group) is 1. The molecule has 1 heteroatoms. The fourth-order valence-electron chi connectivity index (χ4n) is 0.830. The summed E-state index contributed by atoms with van der Waals surface area (Å²) in [6.07, 6.45) is 2.19. The zero-order chi connectivity index (χ0) is 5.28. The summed E-state index contributed by atoms with van der Waals surface area (Å²) in [5, 5.41) is 0. The second-order valence-corrected chi connectivity index (χ2v) is 2.12. The number of hydrogen-bond acceptors (Lipinski definition) is 1. The van der Waals surface area contributed by atoms with Gasteiger partial charge in [0.1, 0.15) is 0 Å². The molecule has 0 aromatic rings. The highest BCUT2D eigenvalue weighted by Gasteiger charge is 2.12. The van der Waals surface area contributed by atoms with Crippen LogP contribution in [-0.4, -0.2) is 25.0 Å². The summed E-state index contributed by atoms with van der Waals surface area (Å²) in [6.45, 7) is 4.48. The lowest BCUT2D eigenvalue weighted by Crippen LogP contribution is -2.35. The Kier molecular flexibility index (Phi) is 1.15. The summed E-state index contributed by atoms with van der Waals surface area (Å²) in [6, 6.07) is 0. The monoisotopic (exact) mass is 97.1 g/mol. The van der Waals surface area contributed by atoms with E-state index in [0.29, 0.717) is 0 Å². The van der Waals surface area contributed by atoms with E-state index in [9.17, 15) is 0 Å². The molecule has 0 amide bonds. The Morgan fingerprint density at radius 3 is 2.29 bits per heavy atom. The summed E-state index contributed by atoms with van der Waals surface area (Å²) in [5.74, 6) is 0. The Labute approximate surface area is 44.6 Å². The summed E-state index contributed by atoms with van der Waals surface area (Å²) in [7, 11) is 2.13. The van der Waals surface area contributed by atoms with Crippen LogP contribution in [0.3, 0.4) is 0 Å². The van der Waals surface area contributed by atoms with E-state index in [0.717, 1.165) is 0 Å². The van der Waals surface area contributed by atoms with E-state index in [4.69, 9.17) is 0 Å². The van der Waals surface area contributed by atoms with Crippen LogP contribution in [0.5, 0.6) is 0 Å². The molecule has 0 aromatic heterocycles. The van der Waals surface area contributed by atoms with Gasteiger partial charge in [0.05, 0.1) is 0 Å². The first-order valence-electron chi connectivity index (χ1n) is 2.65. The topological polar surface area (TPSA) is 3.24 Å². The Morgan fingerprint density at radius 1 is 1.57 bits per heavy atom. The molecule has 0 atom stereocenters. The largest absolute Gasteiger partial charge is 0.298 e. The van der Waals surface area contributed by atoms with Gasteiger partial charge in [-0.05, 0) is 19.5 Å². The third kappa shape index (κ3) is 0.829. The third-order valence-corrected chi connectivity index (χ3v) is 1.35. The van der Waals surface area contributed by atoms with Crippen LogP contribution in [0, 0.1) is 0 Å². The fraction of sp³-hybridized carbons (Fsp3) is 0.667. The van der Waals surface area contributed by atoms with Crippen molar-refractivity contribution in [2.24, 2.45) is 0 Å². The molecule has 1 aliphatic rings. The summed E-state index contributed by atoms with van der Waals surface area (Å²) >= 11 is 0. The van der Waals surface area contributed by atoms with Crippen LogP contribution in [0.15, 0.2) is 11.6 Å². The van der Waals surface area contributed by atoms with Gasteiger partial charge in [-0.15, -0.1) is 0 Å². The van der Waals surface area contributed by atoms with E-state index in [1.165, 1.54) is 13.1 Å². The molecule has 0 radical (unpaired) electrons. The van der Waals surface area contributed by atoms with Crippen molar-refractivity contribution in [1.29, 1.82) is 0 Å². The van der Waals surface area contributed by atoms with Crippen LogP contribution >= 0.6 is 0 Å². The van der Waals surface area contributed by atoms with E-state index in [1.807, 2.05) is 0 Å². The highest BCUT2D eigenvalue weighted by atomic mass is 15.1. The van der Waals surface area contributed by atoms with Crippen molar-refractivity contribution in [3.63, 3.8) is 0 Å². The minimum atomic E-state index is 1.19. The molecule has 1 rings (SSSR count). The van der Waals surface area contributed by atoms with Crippen LogP contribution in [0.2, 0.25) is 0 Å². The molecule has 0 aromatic carbocycles. The lowest BCUT2D eigenvalue weighted by Gasteiger charge is -2.29. The number of rotatable bonds is 0. The van der Waals surface area contributed by atoms with Gasteiger partial charge in [0, 0.05) is 13.1 Å². The summed E-state index contributed by atoms with van der Waals surface area (Å²) < 4.78 is 0. The maximum absolute atomic E-state index is 2.29. The predicted molar refractivity (Wildman–Crippen MR) is 31.3 cm³/mol. The van der Waals surface area contributed by atoms with Crippen LogP contribution in [0.25, 0.3) is 0 Å². The molecule has 7 heavy (non-hydrogen) atoms. The zero-order valence-corrected chi connectivity index (χ0v) is 4.94. The van der Waals surface area contributed by atoms with Crippen molar-refractivity contribution in [2.45, 2.75) is 6.92 Å². The maximum Gasteiger partial charge on any atom is 0.0205 e. The number of hydrogen-bond donors (Lipinski definition) is 0. The molecule has 0 spiro atoms. The predicted octanol–water partition coefficient (Wildman–Crippen LogP) is 0.878. The highest BCUT2D eigenvalue weighted by molar-refractivity contribution is 5.12. The van der Waals surface area contributed by atoms with Crippen molar-refractivity contribution in [1.82, 2.24) is 4.90 Å². The second kappa shape index (κ2) is 1.66. The second-order valence-electron chi connectivity index (χ2n) is 2.12. The zero-order valence-electron chi connectivity index (χ0n) is 4.94. The molecule has 1 aliphatic heterocycles. The molecule has 0 unspecified atom stereocenters. The van der Waals surface area contributed by atoms with Crippen LogP contribution < -0.4 is 0 Å². The molecule has 1 nitrogen and oxygen atoms in total. The number of likely N-dealkylation sites (tertiary alicyclic amines) is 1. The lowest BCUT2D eigenvalue weighted by atomic mass is 10.1. The van der Waals surface area contributed by atoms with Crippen molar-refractivity contribution in [2.75, 3.05) is 20.1 Å². The Bertz CT molecular complexity index is 86.4. The van der Waals surface area contributed by atoms with Gasteiger partial charge in [-0.1, -0.05) is 6.08 Å². The average molecular weight is 97.2 g/mol. The van der Waals surface area contributed by atoms with Gasteiger partial charge in [-0.25, -0.2) is 0 Å². The van der Waals surface area contributed by atoms with Crippen molar-refractivity contribution >= 4 is 0 Å². The summed E-state index contributed by atoms with van der Waals surface area (Å²) in [5.41, 5.74) is 1.57. The van der Waals surface area contributed by atoms with E-state index in [1.54, 1.807) is 5.57 Å². The van der Waals surface area contributed by atoms with Gasteiger partial charge in [-0.3, -0.25) is 4.90 Å². The first kappa shape index (κ1) is 4.85. The van der Waals surface area contributed by atoms with Crippen molar-refractivity contribution in [3.05, 3.63) is 11.6 Å². The van der Waals surface area contributed by atoms with Crippen LogP contribution in [0.1, 0.15) is 6.92 Å². The van der Waals surface area contributed by atoms with Gasteiger partial charge in [0.2, 0.25) is 0 Å². The van der Waals surface area contributed by atoms with Gasteiger partial charge in [-0.2, -0.15) is 0 Å². The van der Waals surface area contributed by atoms with Crippen LogP contribution in [-0.2, 0) is 0 Å². The molecule has 1 saturated heterocycles. The molecule has 0 aliphatic carbocycles. The molecule has 0 bridgehead atoms. The molecular weight excluding hydrogens is 86.1 g/mol. The standard InChI is InChI=1S/C6H11N/c1-3-6-4-7(2)5-6/h3H,4-5H2,1-2H3. The maximum atomic E-state index is 2.29. The van der Waals surface area contributed by atoms with Gasteiger partial charge in [0.25, 0.3) is 0 Å². The quantitative estimate of drug-likeness (QED) is 0.405. The molecule has 0 N–H and O–H groups in total. The lowest BCUT2D eigenvalue weighted by molar-refractivity contribution is 0.309. The van der Waals surface area contributed by atoms with Crippen molar-refractivity contribution in [3.8, 4) is 0 Å². The molecular formula is C6H11N. The highest BCUT2D eigenvalue weighted by Crippen LogP contribution is 2.09. The Morgan fingerprint density at radius 2 is 2.14 bits per heavy atom. The SMILES string of the molecule is CC=C1CN(C)C1. The van der Waals surface area contributed by atoms with Gasteiger partial charge < -0.3 is 0 Å². The first-order valence-corrected chi connectivity index (χ1v) is 2.65.